The predicted octanol–water partition coefficient (Wildman–Crippen LogP) is 2.23. The molecule has 1 aromatic heterocycles. The molecular formula is C12H10ClN3O4. The van der Waals surface area contributed by atoms with Crippen LogP contribution < -0.4 is 0 Å². The van der Waals surface area contributed by atoms with Gasteiger partial charge in [0.15, 0.2) is 0 Å². The smallest absolute Gasteiger partial charge is 0.270 e. The summed E-state index contributed by atoms with van der Waals surface area (Å²) in [4.78, 5) is 22.4. The number of halogens is 1. The lowest BCUT2D eigenvalue weighted by atomic mass is 10.0. The van der Waals surface area contributed by atoms with E-state index in [2.05, 4.69) is 5.10 Å². The zero-order valence-electron chi connectivity index (χ0n) is 10.6. The lowest BCUT2D eigenvalue weighted by Gasteiger charge is -2.03. The highest BCUT2D eigenvalue weighted by molar-refractivity contribution is 6.35. The molecule has 0 fully saturated rings. The van der Waals surface area contributed by atoms with Crippen LogP contribution >= 0.6 is 11.6 Å². The summed E-state index contributed by atoms with van der Waals surface area (Å²) in [6.45, 7) is 1.58. The highest BCUT2D eigenvalue weighted by Crippen LogP contribution is 2.28. The fourth-order valence-electron chi connectivity index (χ4n) is 1.85. The third-order valence-corrected chi connectivity index (χ3v) is 3.14. The number of hydrogen-bond acceptors (Lipinski definition) is 5. The third kappa shape index (κ3) is 2.23. The van der Waals surface area contributed by atoms with Crippen LogP contribution in [0.15, 0.2) is 18.2 Å². The maximum atomic E-state index is 12.3. The first kappa shape index (κ1) is 14.0. The minimum Gasteiger partial charge on any atom is -0.493 e. The number of aromatic nitrogens is 2. The first-order valence-electron chi connectivity index (χ1n) is 5.54. The van der Waals surface area contributed by atoms with Gasteiger partial charge in [-0.25, -0.2) is 4.68 Å². The van der Waals surface area contributed by atoms with Gasteiger partial charge in [0, 0.05) is 24.7 Å². The summed E-state index contributed by atoms with van der Waals surface area (Å²) >= 11 is 5.90. The number of aromatic hydroxyl groups is 1. The van der Waals surface area contributed by atoms with Gasteiger partial charge in [-0.2, -0.15) is 5.10 Å². The molecule has 0 bridgehead atoms. The van der Waals surface area contributed by atoms with Crippen LogP contribution in [0.25, 0.3) is 0 Å². The highest BCUT2D eigenvalue weighted by Gasteiger charge is 2.24. The molecule has 1 N–H and O–H groups in total. The zero-order valence-corrected chi connectivity index (χ0v) is 11.4. The van der Waals surface area contributed by atoms with Crippen molar-refractivity contribution < 1.29 is 14.8 Å². The van der Waals surface area contributed by atoms with Crippen molar-refractivity contribution in [1.29, 1.82) is 0 Å². The van der Waals surface area contributed by atoms with Crippen molar-refractivity contribution in [3.05, 3.63) is 50.2 Å². The second-order valence-electron chi connectivity index (χ2n) is 4.16. The van der Waals surface area contributed by atoms with Gasteiger partial charge in [0.25, 0.3) is 5.69 Å². The molecule has 2 aromatic rings. The molecule has 8 heteroatoms. The van der Waals surface area contributed by atoms with Gasteiger partial charge in [-0.3, -0.25) is 14.9 Å². The molecule has 0 aliphatic heterocycles. The number of carbonyl (C=O) groups is 1. The number of hydrogen-bond donors (Lipinski definition) is 1. The van der Waals surface area contributed by atoms with E-state index in [0.717, 1.165) is 6.07 Å². The van der Waals surface area contributed by atoms with E-state index in [9.17, 15) is 20.0 Å². The number of non-ortho nitro benzene ring substituents is 1. The second-order valence-corrected chi connectivity index (χ2v) is 4.57. The van der Waals surface area contributed by atoms with E-state index >= 15 is 0 Å². The molecule has 0 aliphatic rings. The van der Waals surface area contributed by atoms with Crippen molar-refractivity contribution >= 4 is 23.1 Å². The molecule has 0 spiro atoms. The van der Waals surface area contributed by atoms with E-state index in [4.69, 9.17) is 11.6 Å². The predicted molar refractivity (Wildman–Crippen MR) is 71.1 cm³/mol. The molecule has 1 heterocycles. The number of nitrogens with zero attached hydrogens (tertiary/aromatic N) is 3. The molecule has 0 saturated carbocycles. The van der Waals surface area contributed by atoms with Crippen molar-refractivity contribution in [2.45, 2.75) is 6.92 Å². The van der Waals surface area contributed by atoms with Crippen LogP contribution in [0.5, 0.6) is 5.88 Å². The van der Waals surface area contributed by atoms with E-state index in [1.165, 1.54) is 23.9 Å². The van der Waals surface area contributed by atoms with E-state index in [1.54, 1.807) is 6.92 Å². The Labute approximate surface area is 118 Å². The minimum atomic E-state index is -0.604. The van der Waals surface area contributed by atoms with E-state index < -0.39 is 10.7 Å². The van der Waals surface area contributed by atoms with Crippen molar-refractivity contribution in [1.82, 2.24) is 9.78 Å². The average molecular weight is 296 g/mol. The largest absolute Gasteiger partial charge is 0.493 e. The fourth-order valence-corrected chi connectivity index (χ4v) is 2.11. The number of nitro groups is 1. The number of carbonyl (C=O) groups excluding carboxylic acids is 1. The molecule has 0 unspecified atom stereocenters. The third-order valence-electron chi connectivity index (χ3n) is 2.83. The van der Waals surface area contributed by atoms with Gasteiger partial charge in [0.1, 0.15) is 5.56 Å². The molecule has 0 atom stereocenters. The summed E-state index contributed by atoms with van der Waals surface area (Å²) in [5.74, 6) is -0.810. The molecule has 20 heavy (non-hydrogen) atoms. The van der Waals surface area contributed by atoms with Crippen LogP contribution in [-0.2, 0) is 7.05 Å². The number of nitro benzene ring substituents is 1. The Morgan fingerprint density at radius 3 is 2.60 bits per heavy atom. The van der Waals surface area contributed by atoms with Gasteiger partial charge in [-0.1, -0.05) is 11.6 Å². The van der Waals surface area contributed by atoms with E-state index in [-0.39, 0.29) is 27.7 Å². The first-order chi connectivity index (χ1) is 9.32. The van der Waals surface area contributed by atoms with Crippen LogP contribution in [0.3, 0.4) is 0 Å². The van der Waals surface area contributed by atoms with Crippen molar-refractivity contribution in [2.75, 3.05) is 0 Å². The van der Waals surface area contributed by atoms with Gasteiger partial charge in [0.2, 0.25) is 11.7 Å². The Kier molecular flexibility index (Phi) is 3.46. The van der Waals surface area contributed by atoms with Gasteiger partial charge < -0.3 is 5.11 Å². The summed E-state index contributed by atoms with van der Waals surface area (Å²) < 4.78 is 1.17. The summed E-state index contributed by atoms with van der Waals surface area (Å²) in [7, 11) is 1.50. The summed E-state index contributed by atoms with van der Waals surface area (Å²) in [5.41, 5.74) is 0.245. The molecule has 2 rings (SSSR count). The molecule has 0 radical (unpaired) electrons. The molecule has 0 aliphatic carbocycles. The molecular weight excluding hydrogens is 286 g/mol. The molecule has 0 amide bonds. The summed E-state index contributed by atoms with van der Waals surface area (Å²) in [6, 6.07) is 3.54. The standard InChI is InChI=1S/C12H10ClN3O4/c1-6-10(12(18)15(2)14-6)11(17)8-4-3-7(16(19)20)5-9(8)13/h3-5,18H,1-2H3. The Morgan fingerprint density at radius 2 is 2.15 bits per heavy atom. The SMILES string of the molecule is Cc1nn(C)c(O)c1C(=O)c1ccc([N+](=O)[O-])cc1Cl. The number of rotatable bonds is 3. The number of benzene rings is 1. The summed E-state index contributed by atoms with van der Waals surface area (Å²) in [5, 5.41) is 24.3. The van der Waals surface area contributed by atoms with Crippen LogP contribution in [-0.4, -0.2) is 25.6 Å². The Hall–Kier alpha value is -2.41. The van der Waals surface area contributed by atoms with Gasteiger partial charge >= 0.3 is 0 Å². The molecule has 0 saturated heterocycles. The number of aryl methyl sites for hydroxylation is 2. The quantitative estimate of drug-likeness (QED) is 0.532. The lowest BCUT2D eigenvalue weighted by molar-refractivity contribution is -0.384. The average Bonchev–Trinajstić information content (AvgIpc) is 2.62. The van der Waals surface area contributed by atoms with Crippen molar-refractivity contribution in [3.8, 4) is 5.88 Å². The Balaban J connectivity index is 2.51. The number of ketones is 1. The van der Waals surface area contributed by atoms with Gasteiger partial charge in [-0.05, 0) is 13.0 Å². The summed E-state index contributed by atoms with van der Waals surface area (Å²) in [6.07, 6.45) is 0. The fraction of sp³-hybridized carbons (Fsp3) is 0.167. The Bertz CT molecular complexity index is 724. The van der Waals surface area contributed by atoms with Crippen LogP contribution in [0.2, 0.25) is 5.02 Å². The van der Waals surface area contributed by atoms with Crippen molar-refractivity contribution in [3.63, 3.8) is 0 Å². The monoisotopic (exact) mass is 295 g/mol. The molecule has 7 nitrogen and oxygen atoms in total. The van der Waals surface area contributed by atoms with Crippen LogP contribution in [0.4, 0.5) is 5.69 Å². The maximum absolute atomic E-state index is 12.3. The van der Waals surface area contributed by atoms with Crippen LogP contribution in [0, 0.1) is 17.0 Å². The van der Waals surface area contributed by atoms with Crippen LogP contribution in [0.1, 0.15) is 21.6 Å². The lowest BCUT2D eigenvalue weighted by Crippen LogP contribution is -2.04. The van der Waals surface area contributed by atoms with Crippen molar-refractivity contribution in [2.24, 2.45) is 7.05 Å². The van der Waals surface area contributed by atoms with Gasteiger partial charge in [-0.15, -0.1) is 0 Å². The maximum Gasteiger partial charge on any atom is 0.270 e. The molecule has 104 valence electrons. The second kappa shape index (κ2) is 4.93. The minimum absolute atomic E-state index is 0.0308. The normalized spacial score (nSPS) is 10.6. The first-order valence-corrected chi connectivity index (χ1v) is 5.92. The molecule has 1 aromatic carbocycles. The zero-order chi connectivity index (χ0) is 15.0. The van der Waals surface area contributed by atoms with E-state index in [1.807, 2.05) is 0 Å². The highest BCUT2D eigenvalue weighted by atomic mass is 35.5. The van der Waals surface area contributed by atoms with E-state index in [0.29, 0.717) is 5.69 Å². The topological polar surface area (TPSA) is 98.3 Å². The Morgan fingerprint density at radius 1 is 1.50 bits per heavy atom. The van der Waals surface area contributed by atoms with Gasteiger partial charge in [0.05, 0.1) is 15.6 Å².